The fourth-order valence-electron chi connectivity index (χ4n) is 3.43. The first kappa shape index (κ1) is 13.7. The van der Waals surface area contributed by atoms with E-state index in [2.05, 4.69) is 24.5 Å². The number of nitrogens with one attached hydrogen (secondary N) is 2. The maximum absolute atomic E-state index is 12.0. The Morgan fingerprint density at radius 2 is 1.61 bits per heavy atom. The SMILES string of the molecule is C[C@@H]1[C@H](C)CCC[C@H]1NC(=O)NC1CCCCC1. The molecule has 0 spiro atoms. The molecule has 0 heterocycles. The Bertz CT molecular complexity index is 274. The number of urea groups is 1. The molecule has 3 atom stereocenters. The summed E-state index contributed by atoms with van der Waals surface area (Å²) in [4.78, 5) is 12.0. The molecule has 2 rings (SSSR count). The molecule has 0 aromatic rings. The largest absolute Gasteiger partial charge is 0.335 e. The van der Waals surface area contributed by atoms with Crippen molar-refractivity contribution < 1.29 is 4.79 Å². The van der Waals surface area contributed by atoms with Crippen LogP contribution in [0.2, 0.25) is 0 Å². The van der Waals surface area contributed by atoms with E-state index in [-0.39, 0.29) is 6.03 Å². The van der Waals surface area contributed by atoms with Gasteiger partial charge in [-0.25, -0.2) is 4.79 Å². The van der Waals surface area contributed by atoms with Crippen LogP contribution in [0.15, 0.2) is 0 Å². The summed E-state index contributed by atoms with van der Waals surface area (Å²) in [7, 11) is 0. The van der Waals surface area contributed by atoms with Gasteiger partial charge in [0, 0.05) is 12.1 Å². The second kappa shape index (κ2) is 6.44. The summed E-state index contributed by atoms with van der Waals surface area (Å²) in [6, 6.07) is 0.847. The Hall–Kier alpha value is -0.730. The second-order valence-electron chi connectivity index (χ2n) is 6.33. The smallest absolute Gasteiger partial charge is 0.315 e. The van der Waals surface area contributed by atoms with Crippen LogP contribution >= 0.6 is 0 Å². The molecule has 2 fully saturated rings. The average Bonchev–Trinajstić information content (AvgIpc) is 2.36. The molecule has 2 amide bonds. The van der Waals surface area contributed by atoms with E-state index < -0.39 is 0 Å². The number of carbonyl (C=O) groups excluding carboxylic acids is 1. The molecule has 2 aliphatic carbocycles. The van der Waals surface area contributed by atoms with Gasteiger partial charge in [0.1, 0.15) is 0 Å². The fourth-order valence-corrected chi connectivity index (χ4v) is 3.43. The Kier molecular flexibility index (Phi) is 4.90. The van der Waals surface area contributed by atoms with Crippen molar-refractivity contribution in [2.75, 3.05) is 0 Å². The fraction of sp³-hybridized carbons (Fsp3) is 0.933. The third-order valence-corrected chi connectivity index (χ3v) is 4.96. The van der Waals surface area contributed by atoms with E-state index in [1.807, 2.05) is 0 Å². The van der Waals surface area contributed by atoms with Gasteiger partial charge in [-0.15, -0.1) is 0 Å². The molecule has 0 bridgehead atoms. The van der Waals surface area contributed by atoms with Crippen molar-refractivity contribution in [3.8, 4) is 0 Å². The van der Waals surface area contributed by atoms with Gasteiger partial charge in [-0.2, -0.15) is 0 Å². The summed E-state index contributed by atoms with van der Waals surface area (Å²) in [5.41, 5.74) is 0. The van der Waals surface area contributed by atoms with Crippen LogP contribution in [0.5, 0.6) is 0 Å². The van der Waals surface area contributed by atoms with Gasteiger partial charge in [0.15, 0.2) is 0 Å². The minimum Gasteiger partial charge on any atom is -0.335 e. The third-order valence-electron chi connectivity index (χ3n) is 4.96. The maximum Gasteiger partial charge on any atom is 0.315 e. The van der Waals surface area contributed by atoms with E-state index in [0.717, 1.165) is 25.2 Å². The van der Waals surface area contributed by atoms with Crippen molar-refractivity contribution in [1.82, 2.24) is 10.6 Å². The first-order valence-corrected chi connectivity index (χ1v) is 7.74. The third kappa shape index (κ3) is 3.63. The lowest BCUT2D eigenvalue weighted by Crippen LogP contribution is -2.50. The molecule has 3 heteroatoms. The Morgan fingerprint density at radius 1 is 0.889 bits per heavy atom. The number of rotatable bonds is 2. The van der Waals surface area contributed by atoms with E-state index in [0.29, 0.717) is 18.0 Å². The van der Waals surface area contributed by atoms with Gasteiger partial charge in [0.25, 0.3) is 0 Å². The summed E-state index contributed by atoms with van der Waals surface area (Å²) < 4.78 is 0. The molecule has 0 aliphatic heterocycles. The zero-order valence-electron chi connectivity index (χ0n) is 11.9. The van der Waals surface area contributed by atoms with Gasteiger partial charge in [-0.1, -0.05) is 46.0 Å². The van der Waals surface area contributed by atoms with Gasteiger partial charge >= 0.3 is 6.03 Å². The van der Waals surface area contributed by atoms with Crippen LogP contribution < -0.4 is 10.6 Å². The van der Waals surface area contributed by atoms with Crippen LogP contribution in [0.3, 0.4) is 0 Å². The van der Waals surface area contributed by atoms with Crippen LogP contribution in [0, 0.1) is 11.8 Å². The number of hydrogen-bond acceptors (Lipinski definition) is 1. The predicted octanol–water partition coefficient (Wildman–Crippen LogP) is 3.44. The van der Waals surface area contributed by atoms with E-state index in [1.165, 1.54) is 32.1 Å². The highest BCUT2D eigenvalue weighted by Gasteiger charge is 2.28. The molecular formula is C15H28N2O. The van der Waals surface area contributed by atoms with Gasteiger partial charge in [0.2, 0.25) is 0 Å². The molecule has 0 aromatic heterocycles. The van der Waals surface area contributed by atoms with Gasteiger partial charge < -0.3 is 10.6 Å². The molecule has 2 aliphatic rings. The van der Waals surface area contributed by atoms with E-state index >= 15 is 0 Å². The lowest BCUT2D eigenvalue weighted by atomic mass is 9.78. The van der Waals surface area contributed by atoms with Crippen molar-refractivity contribution in [2.45, 2.75) is 77.3 Å². The monoisotopic (exact) mass is 252 g/mol. The van der Waals surface area contributed by atoms with E-state index in [4.69, 9.17) is 0 Å². The molecule has 0 aromatic carbocycles. The van der Waals surface area contributed by atoms with Crippen molar-refractivity contribution >= 4 is 6.03 Å². The zero-order valence-corrected chi connectivity index (χ0v) is 11.9. The first-order chi connectivity index (χ1) is 8.66. The van der Waals surface area contributed by atoms with Gasteiger partial charge in [0.05, 0.1) is 0 Å². The summed E-state index contributed by atoms with van der Waals surface area (Å²) in [5, 5.41) is 6.35. The van der Waals surface area contributed by atoms with Crippen LogP contribution in [0.1, 0.15) is 65.2 Å². The predicted molar refractivity (Wildman–Crippen MR) is 74.5 cm³/mol. The number of carbonyl (C=O) groups is 1. The molecule has 0 radical (unpaired) electrons. The lowest BCUT2D eigenvalue weighted by Gasteiger charge is -2.35. The standard InChI is InChI=1S/C15H28N2O/c1-11-7-6-10-14(12(11)2)17-15(18)16-13-8-4-3-5-9-13/h11-14H,3-10H2,1-2H3,(H2,16,17,18)/t11-,12-,14-/m1/s1. The summed E-state index contributed by atoms with van der Waals surface area (Å²) >= 11 is 0. The highest BCUT2D eigenvalue weighted by molar-refractivity contribution is 5.74. The van der Waals surface area contributed by atoms with Crippen LogP contribution in [0.4, 0.5) is 4.79 Å². The quantitative estimate of drug-likeness (QED) is 0.776. The summed E-state index contributed by atoms with van der Waals surface area (Å²) in [5.74, 6) is 1.34. The van der Waals surface area contributed by atoms with E-state index in [9.17, 15) is 4.79 Å². The molecule has 18 heavy (non-hydrogen) atoms. The number of amides is 2. The Balaban J connectivity index is 1.75. The Morgan fingerprint density at radius 3 is 2.33 bits per heavy atom. The minimum absolute atomic E-state index is 0.0628. The maximum atomic E-state index is 12.0. The normalized spacial score (nSPS) is 34.0. The minimum atomic E-state index is 0.0628. The number of hydrogen-bond donors (Lipinski definition) is 2. The molecule has 0 saturated heterocycles. The van der Waals surface area contributed by atoms with Crippen LogP contribution in [0.25, 0.3) is 0 Å². The lowest BCUT2D eigenvalue weighted by molar-refractivity contribution is 0.191. The molecule has 0 unspecified atom stereocenters. The van der Waals surface area contributed by atoms with Crippen LogP contribution in [-0.4, -0.2) is 18.1 Å². The Labute approximate surface area is 111 Å². The molecule has 3 nitrogen and oxygen atoms in total. The molecular weight excluding hydrogens is 224 g/mol. The van der Waals surface area contributed by atoms with Crippen molar-refractivity contribution in [1.29, 1.82) is 0 Å². The average molecular weight is 252 g/mol. The van der Waals surface area contributed by atoms with Crippen molar-refractivity contribution in [3.63, 3.8) is 0 Å². The highest BCUT2D eigenvalue weighted by Crippen LogP contribution is 2.29. The molecule has 104 valence electrons. The van der Waals surface area contributed by atoms with Gasteiger partial charge in [-0.3, -0.25) is 0 Å². The highest BCUT2D eigenvalue weighted by atomic mass is 16.2. The molecule has 2 saturated carbocycles. The van der Waals surface area contributed by atoms with E-state index in [1.54, 1.807) is 0 Å². The summed E-state index contributed by atoms with van der Waals surface area (Å²) in [6.45, 7) is 4.58. The molecule has 2 N–H and O–H groups in total. The zero-order chi connectivity index (χ0) is 13.0. The first-order valence-electron chi connectivity index (χ1n) is 7.74. The summed E-state index contributed by atoms with van der Waals surface area (Å²) in [6.07, 6.45) is 9.88. The van der Waals surface area contributed by atoms with Crippen molar-refractivity contribution in [2.24, 2.45) is 11.8 Å². The topological polar surface area (TPSA) is 41.1 Å². The second-order valence-corrected chi connectivity index (χ2v) is 6.33. The van der Waals surface area contributed by atoms with Crippen LogP contribution in [-0.2, 0) is 0 Å². The van der Waals surface area contributed by atoms with Crippen molar-refractivity contribution in [3.05, 3.63) is 0 Å². The van der Waals surface area contributed by atoms with Gasteiger partial charge in [-0.05, 0) is 31.1 Å².